The van der Waals surface area contributed by atoms with Crippen molar-refractivity contribution in [2.75, 3.05) is 6.61 Å². The molecule has 0 aliphatic carbocycles. The monoisotopic (exact) mass is 376 g/mol. The van der Waals surface area contributed by atoms with Crippen molar-refractivity contribution in [3.05, 3.63) is 47.4 Å². The van der Waals surface area contributed by atoms with E-state index in [1.165, 1.54) is 11.8 Å². The highest BCUT2D eigenvalue weighted by molar-refractivity contribution is 7.98. The molecule has 0 atom stereocenters. The molecule has 4 aromatic rings. The molecule has 3 heterocycles. The Morgan fingerprint density at radius 1 is 1.24 bits per heavy atom. The summed E-state index contributed by atoms with van der Waals surface area (Å²) in [6.45, 7) is 0.451. The molecule has 0 unspecified atom stereocenters. The first kappa shape index (κ1) is 16.2. The van der Waals surface area contributed by atoms with Crippen LogP contribution in [0.5, 0.6) is 0 Å². The standard InChI is InChI=1S/C16H13ClN4O3S/c17-10-3-4-11-12(8-10)21(5-6-22)14(18-11)9-25-16-20-19-15(24-16)13-2-1-7-23-13/h1-4,7-8,22H,5-6,9H2. The summed E-state index contributed by atoms with van der Waals surface area (Å²) in [5.41, 5.74) is 1.72. The molecule has 0 radical (unpaired) electrons. The van der Waals surface area contributed by atoms with E-state index in [1.54, 1.807) is 24.5 Å². The van der Waals surface area contributed by atoms with E-state index in [0.29, 0.717) is 34.2 Å². The van der Waals surface area contributed by atoms with Crippen LogP contribution in [0.15, 0.2) is 50.7 Å². The number of fused-ring (bicyclic) bond motifs is 1. The minimum absolute atomic E-state index is 0.0127. The highest BCUT2D eigenvalue weighted by Gasteiger charge is 2.15. The second kappa shape index (κ2) is 6.91. The van der Waals surface area contributed by atoms with Gasteiger partial charge >= 0.3 is 0 Å². The van der Waals surface area contributed by atoms with Crippen LogP contribution in [0.3, 0.4) is 0 Å². The first-order chi connectivity index (χ1) is 12.2. The molecule has 0 aliphatic rings. The number of hydrogen-bond donors (Lipinski definition) is 1. The average molecular weight is 377 g/mol. The molecule has 0 aliphatic heterocycles. The Morgan fingerprint density at radius 2 is 2.16 bits per heavy atom. The lowest BCUT2D eigenvalue weighted by atomic mass is 10.3. The van der Waals surface area contributed by atoms with E-state index in [4.69, 9.17) is 20.4 Å². The number of aromatic nitrogens is 4. The third-order valence-corrected chi connectivity index (χ3v) is 4.63. The van der Waals surface area contributed by atoms with Crippen molar-refractivity contribution < 1.29 is 13.9 Å². The second-order valence-corrected chi connectivity index (χ2v) is 6.54. The van der Waals surface area contributed by atoms with Crippen LogP contribution in [-0.2, 0) is 12.3 Å². The minimum Gasteiger partial charge on any atom is -0.459 e. The van der Waals surface area contributed by atoms with Crippen molar-refractivity contribution in [2.45, 2.75) is 17.5 Å². The Labute approximate surface area is 151 Å². The van der Waals surface area contributed by atoms with Crippen molar-refractivity contribution in [1.82, 2.24) is 19.7 Å². The molecule has 4 rings (SSSR count). The number of aliphatic hydroxyl groups excluding tert-OH is 1. The van der Waals surface area contributed by atoms with Gasteiger partial charge in [-0.3, -0.25) is 0 Å². The predicted molar refractivity (Wildman–Crippen MR) is 93.4 cm³/mol. The van der Waals surface area contributed by atoms with Crippen molar-refractivity contribution >= 4 is 34.4 Å². The number of thioether (sulfide) groups is 1. The number of nitrogens with zero attached hydrogens (tertiary/aromatic N) is 4. The van der Waals surface area contributed by atoms with Gasteiger partial charge < -0.3 is 18.5 Å². The van der Waals surface area contributed by atoms with Gasteiger partial charge in [-0.2, -0.15) is 0 Å². The molecule has 25 heavy (non-hydrogen) atoms. The van der Waals surface area contributed by atoms with E-state index in [2.05, 4.69) is 15.2 Å². The van der Waals surface area contributed by atoms with Crippen LogP contribution in [0.4, 0.5) is 0 Å². The zero-order valence-corrected chi connectivity index (χ0v) is 14.5. The highest BCUT2D eigenvalue weighted by Crippen LogP contribution is 2.28. The largest absolute Gasteiger partial charge is 0.459 e. The Balaban J connectivity index is 1.57. The molecule has 0 amide bonds. The van der Waals surface area contributed by atoms with Gasteiger partial charge in [0, 0.05) is 11.6 Å². The molecule has 0 spiro atoms. The van der Waals surface area contributed by atoms with Crippen LogP contribution in [0.25, 0.3) is 22.7 Å². The Morgan fingerprint density at radius 3 is 2.96 bits per heavy atom. The number of aliphatic hydroxyl groups is 1. The van der Waals surface area contributed by atoms with Crippen molar-refractivity contribution in [2.24, 2.45) is 0 Å². The van der Waals surface area contributed by atoms with Gasteiger partial charge in [-0.1, -0.05) is 23.4 Å². The van der Waals surface area contributed by atoms with Crippen LogP contribution in [-0.4, -0.2) is 31.5 Å². The third-order valence-electron chi connectivity index (χ3n) is 3.58. The van der Waals surface area contributed by atoms with Crippen molar-refractivity contribution in [1.29, 1.82) is 0 Å². The maximum Gasteiger partial charge on any atom is 0.284 e. The summed E-state index contributed by atoms with van der Waals surface area (Å²) in [7, 11) is 0. The summed E-state index contributed by atoms with van der Waals surface area (Å²) in [5.74, 6) is 2.19. The van der Waals surface area contributed by atoms with E-state index in [9.17, 15) is 5.11 Å². The summed E-state index contributed by atoms with van der Waals surface area (Å²) < 4.78 is 12.8. The molecule has 128 valence electrons. The number of benzene rings is 1. The normalized spacial score (nSPS) is 11.4. The predicted octanol–water partition coefficient (Wildman–Crippen LogP) is 3.62. The smallest absolute Gasteiger partial charge is 0.284 e. The lowest BCUT2D eigenvalue weighted by Crippen LogP contribution is -2.06. The van der Waals surface area contributed by atoms with Gasteiger partial charge in [-0.25, -0.2) is 4.98 Å². The van der Waals surface area contributed by atoms with Gasteiger partial charge in [0.2, 0.25) is 0 Å². The summed E-state index contributed by atoms with van der Waals surface area (Å²) in [6.07, 6.45) is 1.55. The maximum atomic E-state index is 9.35. The first-order valence-electron chi connectivity index (χ1n) is 7.50. The first-order valence-corrected chi connectivity index (χ1v) is 8.86. The van der Waals surface area contributed by atoms with Gasteiger partial charge in [-0.05, 0) is 30.3 Å². The summed E-state index contributed by atoms with van der Waals surface area (Å²) in [4.78, 5) is 4.61. The Kier molecular flexibility index (Phi) is 4.48. The number of halogens is 1. The molecule has 1 aromatic carbocycles. The number of rotatable bonds is 6. The Bertz CT molecular complexity index is 996. The zero-order chi connectivity index (χ0) is 17.2. The summed E-state index contributed by atoms with van der Waals surface area (Å²) in [6, 6.07) is 9.02. The quantitative estimate of drug-likeness (QED) is 0.514. The maximum absolute atomic E-state index is 9.35. The molecule has 0 saturated heterocycles. The molecule has 9 heteroatoms. The van der Waals surface area contributed by atoms with Gasteiger partial charge in [0.15, 0.2) is 5.76 Å². The summed E-state index contributed by atoms with van der Waals surface area (Å²) in [5, 5.41) is 18.4. The molecular weight excluding hydrogens is 364 g/mol. The average Bonchev–Trinajstić information content (AvgIpc) is 3.33. The zero-order valence-electron chi connectivity index (χ0n) is 12.9. The summed E-state index contributed by atoms with van der Waals surface area (Å²) >= 11 is 7.44. The number of imidazole rings is 1. The molecule has 0 saturated carbocycles. The molecule has 0 fully saturated rings. The van der Waals surface area contributed by atoms with Gasteiger partial charge in [0.1, 0.15) is 5.82 Å². The van der Waals surface area contributed by atoms with Gasteiger partial charge in [0.25, 0.3) is 11.1 Å². The number of furan rings is 1. The van der Waals surface area contributed by atoms with E-state index in [0.717, 1.165) is 16.9 Å². The fourth-order valence-electron chi connectivity index (χ4n) is 2.50. The van der Waals surface area contributed by atoms with E-state index in [-0.39, 0.29) is 6.61 Å². The van der Waals surface area contributed by atoms with E-state index in [1.807, 2.05) is 16.7 Å². The molecule has 1 N–H and O–H groups in total. The van der Waals surface area contributed by atoms with E-state index >= 15 is 0 Å². The third kappa shape index (κ3) is 3.28. The minimum atomic E-state index is 0.0127. The topological polar surface area (TPSA) is 90.1 Å². The SMILES string of the molecule is OCCn1c(CSc2nnc(-c3ccco3)o2)nc2ccc(Cl)cc21. The molecular formula is C16H13ClN4O3S. The van der Waals surface area contributed by atoms with Crippen LogP contribution < -0.4 is 0 Å². The Hall–Kier alpha value is -2.29. The lowest BCUT2D eigenvalue weighted by Gasteiger charge is -2.06. The lowest BCUT2D eigenvalue weighted by molar-refractivity contribution is 0.276. The molecule has 7 nitrogen and oxygen atoms in total. The van der Waals surface area contributed by atoms with Gasteiger partial charge in [-0.15, -0.1) is 10.2 Å². The van der Waals surface area contributed by atoms with Gasteiger partial charge in [0.05, 0.1) is 29.7 Å². The fourth-order valence-corrected chi connectivity index (χ4v) is 3.38. The molecule has 3 aromatic heterocycles. The van der Waals surface area contributed by atoms with Crippen LogP contribution in [0, 0.1) is 0 Å². The second-order valence-electron chi connectivity index (χ2n) is 5.18. The highest BCUT2D eigenvalue weighted by atomic mass is 35.5. The van der Waals surface area contributed by atoms with Crippen LogP contribution in [0.2, 0.25) is 5.02 Å². The van der Waals surface area contributed by atoms with E-state index < -0.39 is 0 Å². The molecule has 0 bridgehead atoms. The van der Waals surface area contributed by atoms with Crippen molar-refractivity contribution in [3.63, 3.8) is 0 Å². The van der Waals surface area contributed by atoms with Crippen LogP contribution >= 0.6 is 23.4 Å². The van der Waals surface area contributed by atoms with Crippen molar-refractivity contribution in [3.8, 4) is 11.7 Å². The number of hydrogen-bond acceptors (Lipinski definition) is 7. The fraction of sp³-hybridized carbons (Fsp3) is 0.188. The van der Waals surface area contributed by atoms with Crippen LogP contribution in [0.1, 0.15) is 5.82 Å².